The topological polar surface area (TPSA) is 64.3 Å². The summed E-state index contributed by atoms with van der Waals surface area (Å²) in [4.78, 5) is 11.5. The molecule has 0 aliphatic rings. The smallest absolute Gasteiger partial charge is 0.407 e. The van der Waals surface area contributed by atoms with Crippen molar-refractivity contribution in [1.29, 1.82) is 0 Å². The van der Waals surface area contributed by atoms with Gasteiger partial charge in [0.15, 0.2) is 0 Å². The average Bonchev–Trinajstić information content (AvgIpc) is 2.69. The fraction of sp³-hybridized carbons (Fsp3) is 0.583. The Morgan fingerprint density at radius 2 is 2.29 bits per heavy atom. The predicted molar refractivity (Wildman–Crippen MR) is 70.4 cm³/mol. The van der Waals surface area contributed by atoms with Crippen LogP contribution in [0.1, 0.15) is 32.3 Å². The molecule has 17 heavy (non-hydrogen) atoms. The number of carbonyl (C=O) groups excluding carboxylic acids is 1. The molecule has 0 saturated carbocycles. The van der Waals surface area contributed by atoms with Crippen LogP contribution in [0.3, 0.4) is 0 Å². The van der Waals surface area contributed by atoms with Gasteiger partial charge in [-0.25, -0.2) is 4.79 Å². The summed E-state index contributed by atoms with van der Waals surface area (Å²) >= 11 is 1.63. The average molecular weight is 256 g/mol. The van der Waals surface area contributed by atoms with Gasteiger partial charge in [0, 0.05) is 19.0 Å². The SMILES string of the molecule is CC(C)(C)OC(=O)NCC(CN)c1ccsc1. The molecule has 1 unspecified atom stereocenters. The Hall–Kier alpha value is -1.07. The summed E-state index contributed by atoms with van der Waals surface area (Å²) in [6, 6.07) is 2.03. The lowest BCUT2D eigenvalue weighted by molar-refractivity contribution is 0.0525. The van der Waals surface area contributed by atoms with Crippen LogP contribution in [0.4, 0.5) is 4.79 Å². The van der Waals surface area contributed by atoms with Gasteiger partial charge in [0.05, 0.1) is 0 Å². The first-order valence-electron chi connectivity index (χ1n) is 5.61. The van der Waals surface area contributed by atoms with Crippen LogP contribution in [0.15, 0.2) is 16.8 Å². The van der Waals surface area contributed by atoms with Gasteiger partial charge in [-0.2, -0.15) is 11.3 Å². The lowest BCUT2D eigenvalue weighted by Crippen LogP contribution is -2.36. The largest absolute Gasteiger partial charge is 0.444 e. The first-order chi connectivity index (χ1) is 7.92. The third kappa shape index (κ3) is 5.19. The molecule has 1 atom stereocenters. The third-order valence-corrected chi connectivity index (χ3v) is 2.89. The summed E-state index contributed by atoms with van der Waals surface area (Å²) in [5.41, 5.74) is 6.38. The molecule has 96 valence electrons. The molecule has 0 radical (unpaired) electrons. The maximum atomic E-state index is 11.5. The highest BCUT2D eigenvalue weighted by Gasteiger charge is 2.17. The Kier molecular flexibility index (Phi) is 4.96. The number of amides is 1. The number of hydrogen-bond donors (Lipinski definition) is 2. The minimum Gasteiger partial charge on any atom is -0.444 e. The summed E-state index contributed by atoms with van der Waals surface area (Å²) in [6.07, 6.45) is -0.397. The number of thiophene rings is 1. The van der Waals surface area contributed by atoms with Crippen LogP contribution < -0.4 is 11.1 Å². The quantitative estimate of drug-likeness (QED) is 0.869. The molecule has 5 heteroatoms. The highest BCUT2D eigenvalue weighted by Crippen LogP contribution is 2.17. The maximum Gasteiger partial charge on any atom is 0.407 e. The molecule has 0 fully saturated rings. The molecule has 0 aliphatic heterocycles. The standard InChI is InChI=1S/C12H20N2O2S/c1-12(2,3)16-11(15)14-7-10(6-13)9-4-5-17-8-9/h4-5,8,10H,6-7,13H2,1-3H3,(H,14,15). The first-order valence-corrected chi connectivity index (χ1v) is 6.55. The lowest BCUT2D eigenvalue weighted by Gasteiger charge is -2.21. The Balaban J connectivity index is 2.41. The molecule has 1 aromatic heterocycles. The van der Waals surface area contributed by atoms with Crippen molar-refractivity contribution in [3.8, 4) is 0 Å². The normalized spacial score (nSPS) is 13.2. The van der Waals surface area contributed by atoms with Gasteiger partial charge in [-0.3, -0.25) is 0 Å². The predicted octanol–water partition coefficient (Wildman–Crippen LogP) is 2.32. The van der Waals surface area contributed by atoms with Crippen LogP contribution in [0, 0.1) is 0 Å². The van der Waals surface area contributed by atoms with E-state index in [2.05, 4.69) is 5.32 Å². The Labute approximate surface area is 106 Å². The summed E-state index contributed by atoms with van der Waals surface area (Å²) in [5, 5.41) is 6.80. The van der Waals surface area contributed by atoms with Crippen LogP contribution in [0.25, 0.3) is 0 Å². The van der Waals surface area contributed by atoms with Crippen molar-refractivity contribution in [2.75, 3.05) is 13.1 Å². The monoisotopic (exact) mass is 256 g/mol. The third-order valence-electron chi connectivity index (χ3n) is 2.19. The molecule has 1 amide bonds. The van der Waals surface area contributed by atoms with E-state index in [1.165, 1.54) is 0 Å². The molecular formula is C12H20N2O2S. The van der Waals surface area contributed by atoms with E-state index in [0.717, 1.165) is 5.56 Å². The zero-order valence-electron chi connectivity index (χ0n) is 10.5. The fourth-order valence-electron chi connectivity index (χ4n) is 1.37. The van der Waals surface area contributed by atoms with Gasteiger partial charge >= 0.3 is 6.09 Å². The number of rotatable bonds is 4. The van der Waals surface area contributed by atoms with Crippen LogP contribution >= 0.6 is 11.3 Å². The molecule has 0 bridgehead atoms. The number of hydrogen-bond acceptors (Lipinski definition) is 4. The van der Waals surface area contributed by atoms with Crippen molar-refractivity contribution in [2.45, 2.75) is 32.3 Å². The lowest BCUT2D eigenvalue weighted by atomic mass is 10.0. The molecule has 4 nitrogen and oxygen atoms in total. The first kappa shape index (κ1) is 14.0. The van der Waals surface area contributed by atoms with Gasteiger partial charge in [0.1, 0.15) is 5.60 Å². The second-order valence-electron chi connectivity index (χ2n) is 4.87. The second-order valence-corrected chi connectivity index (χ2v) is 5.65. The van der Waals surface area contributed by atoms with Crippen LogP contribution in [-0.4, -0.2) is 24.8 Å². The van der Waals surface area contributed by atoms with Crippen LogP contribution in [0.2, 0.25) is 0 Å². The number of nitrogens with one attached hydrogen (secondary N) is 1. The van der Waals surface area contributed by atoms with E-state index in [4.69, 9.17) is 10.5 Å². The van der Waals surface area contributed by atoms with Crippen molar-refractivity contribution < 1.29 is 9.53 Å². The molecule has 3 N–H and O–H groups in total. The van der Waals surface area contributed by atoms with E-state index >= 15 is 0 Å². The molecule has 1 heterocycles. The Morgan fingerprint density at radius 3 is 2.76 bits per heavy atom. The molecule has 0 spiro atoms. The summed E-state index contributed by atoms with van der Waals surface area (Å²) in [5.74, 6) is 0.147. The molecule has 1 aromatic rings. The highest BCUT2D eigenvalue weighted by atomic mass is 32.1. The second kappa shape index (κ2) is 6.02. The van der Waals surface area contributed by atoms with Gasteiger partial charge in [0.25, 0.3) is 0 Å². The van der Waals surface area contributed by atoms with Gasteiger partial charge in [0.2, 0.25) is 0 Å². The summed E-state index contributed by atoms with van der Waals surface area (Å²) in [7, 11) is 0. The van der Waals surface area contributed by atoms with Crippen molar-refractivity contribution >= 4 is 17.4 Å². The van der Waals surface area contributed by atoms with E-state index < -0.39 is 11.7 Å². The molecule has 0 aromatic carbocycles. The van der Waals surface area contributed by atoms with Gasteiger partial charge < -0.3 is 15.8 Å². The minimum atomic E-state index is -0.468. The number of alkyl carbamates (subject to hydrolysis) is 1. The molecule has 1 rings (SSSR count). The van der Waals surface area contributed by atoms with E-state index in [1.807, 2.05) is 37.6 Å². The van der Waals surface area contributed by atoms with Crippen molar-refractivity contribution in [2.24, 2.45) is 5.73 Å². The number of ether oxygens (including phenoxy) is 1. The number of carbonyl (C=O) groups is 1. The molecule has 0 saturated heterocycles. The van der Waals surface area contributed by atoms with Crippen molar-refractivity contribution in [3.05, 3.63) is 22.4 Å². The van der Waals surface area contributed by atoms with Crippen LogP contribution in [0.5, 0.6) is 0 Å². The van der Waals surface area contributed by atoms with Crippen LogP contribution in [-0.2, 0) is 4.74 Å². The zero-order valence-corrected chi connectivity index (χ0v) is 11.3. The summed E-state index contributed by atoms with van der Waals surface area (Å²) in [6.45, 7) is 6.53. The Bertz CT molecular complexity index is 344. The van der Waals surface area contributed by atoms with Crippen molar-refractivity contribution in [3.63, 3.8) is 0 Å². The van der Waals surface area contributed by atoms with Gasteiger partial charge in [-0.05, 0) is 43.2 Å². The van der Waals surface area contributed by atoms with Gasteiger partial charge in [-0.15, -0.1) is 0 Å². The fourth-order valence-corrected chi connectivity index (χ4v) is 2.11. The van der Waals surface area contributed by atoms with E-state index in [1.54, 1.807) is 11.3 Å². The van der Waals surface area contributed by atoms with Crippen molar-refractivity contribution in [1.82, 2.24) is 5.32 Å². The highest BCUT2D eigenvalue weighted by molar-refractivity contribution is 7.07. The molecular weight excluding hydrogens is 236 g/mol. The van der Waals surface area contributed by atoms with E-state index in [9.17, 15) is 4.79 Å². The number of nitrogens with two attached hydrogens (primary N) is 1. The van der Waals surface area contributed by atoms with E-state index in [-0.39, 0.29) is 5.92 Å². The zero-order chi connectivity index (χ0) is 12.9. The minimum absolute atomic E-state index is 0.147. The van der Waals surface area contributed by atoms with E-state index in [0.29, 0.717) is 13.1 Å². The Morgan fingerprint density at radius 1 is 1.59 bits per heavy atom. The van der Waals surface area contributed by atoms with Gasteiger partial charge in [-0.1, -0.05) is 0 Å². The maximum absolute atomic E-state index is 11.5. The summed E-state index contributed by atoms with van der Waals surface area (Å²) < 4.78 is 5.16. The molecule has 0 aliphatic carbocycles.